The molecule has 30 heavy (non-hydrogen) atoms. The van der Waals surface area contributed by atoms with Crippen molar-refractivity contribution in [3.8, 4) is 5.75 Å². The van der Waals surface area contributed by atoms with E-state index in [9.17, 15) is 9.59 Å². The number of anilines is 2. The van der Waals surface area contributed by atoms with Crippen LogP contribution in [0, 0.1) is 0 Å². The zero-order valence-corrected chi connectivity index (χ0v) is 18.0. The summed E-state index contributed by atoms with van der Waals surface area (Å²) < 4.78 is 10.2. The molecule has 0 spiro atoms. The second-order valence-corrected chi connectivity index (χ2v) is 7.86. The number of nitrogens with zero attached hydrogens (tertiary/aromatic N) is 4. The van der Waals surface area contributed by atoms with Gasteiger partial charge in [-0.3, -0.25) is 13.9 Å². The van der Waals surface area contributed by atoms with Crippen LogP contribution in [0.2, 0.25) is 0 Å². The number of nitrogens with one attached hydrogen (secondary N) is 1. The van der Waals surface area contributed by atoms with E-state index < -0.39 is 0 Å². The minimum atomic E-state index is -0.265. The number of imidazole rings is 1. The van der Waals surface area contributed by atoms with Crippen LogP contribution < -0.4 is 25.5 Å². The first-order valence-electron chi connectivity index (χ1n) is 10.7. The van der Waals surface area contributed by atoms with E-state index in [-0.39, 0.29) is 11.2 Å². The fourth-order valence-corrected chi connectivity index (χ4v) is 4.25. The molecule has 8 nitrogen and oxygen atoms in total. The largest absolute Gasteiger partial charge is 0.497 e. The van der Waals surface area contributed by atoms with Gasteiger partial charge < -0.3 is 4.74 Å². The van der Waals surface area contributed by atoms with Crippen LogP contribution in [0.1, 0.15) is 39.0 Å². The molecule has 0 atom stereocenters. The first-order chi connectivity index (χ1) is 14.6. The van der Waals surface area contributed by atoms with Crippen molar-refractivity contribution in [2.24, 2.45) is 7.05 Å². The molecule has 2 aromatic heterocycles. The molecular formula is C22H30N5O3+. The minimum Gasteiger partial charge on any atom is -0.497 e. The fourth-order valence-electron chi connectivity index (χ4n) is 4.25. The Labute approximate surface area is 175 Å². The first kappa shape index (κ1) is 20.3. The lowest BCUT2D eigenvalue weighted by molar-refractivity contribution is -0.663. The summed E-state index contributed by atoms with van der Waals surface area (Å²) in [5.41, 5.74) is 1.69. The molecule has 1 N–H and O–H groups in total. The van der Waals surface area contributed by atoms with Gasteiger partial charge in [0.15, 0.2) is 0 Å². The summed E-state index contributed by atoms with van der Waals surface area (Å²) in [6.07, 6.45) is 5.00. The molecule has 3 aromatic rings. The van der Waals surface area contributed by atoms with Gasteiger partial charge in [0.2, 0.25) is 11.2 Å². The molecule has 0 fully saturated rings. The second-order valence-electron chi connectivity index (χ2n) is 7.86. The Balaban J connectivity index is 1.80. The van der Waals surface area contributed by atoms with Crippen LogP contribution in [0.5, 0.6) is 5.75 Å². The topological polar surface area (TPSA) is 76.1 Å². The Morgan fingerprint density at radius 1 is 1.13 bits per heavy atom. The van der Waals surface area contributed by atoms with Crippen LogP contribution in [-0.4, -0.2) is 27.8 Å². The van der Waals surface area contributed by atoms with Crippen molar-refractivity contribution < 1.29 is 9.30 Å². The number of unbranched alkanes of at least 4 members (excludes halogenated alkanes) is 3. The Bertz CT molecular complexity index is 1160. The van der Waals surface area contributed by atoms with Crippen molar-refractivity contribution in [3.05, 3.63) is 45.1 Å². The van der Waals surface area contributed by atoms with Crippen LogP contribution in [-0.2, 0) is 20.1 Å². The number of methoxy groups -OCH3 is 1. The van der Waals surface area contributed by atoms with E-state index in [0.717, 1.165) is 62.6 Å². The molecule has 0 aliphatic carbocycles. The zero-order valence-electron chi connectivity index (χ0n) is 18.0. The zero-order chi connectivity index (χ0) is 21.3. The number of benzene rings is 1. The molecule has 0 saturated heterocycles. The number of fused-ring (bicyclic) bond motifs is 3. The quantitative estimate of drug-likeness (QED) is 0.478. The van der Waals surface area contributed by atoms with Gasteiger partial charge in [-0.05, 0) is 30.7 Å². The molecule has 4 rings (SSSR count). The van der Waals surface area contributed by atoms with E-state index in [1.807, 2.05) is 28.8 Å². The Kier molecular flexibility index (Phi) is 5.65. The summed E-state index contributed by atoms with van der Waals surface area (Å²) in [5, 5.41) is 0. The smallest absolute Gasteiger partial charge is 0.364 e. The number of hydrogen-bond donors (Lipinski definition) is 1. The van der Waals surface area contributed by atoms with Gasteiger partial charge >= 0.3 is 11.6 Å². The van der Waals surface area contributed by atoms with Crippen molar-refractivity contribution in [2.75, 3.05) is 18.6 Å². The van der Waals surface area contributed by atoms with E-state index in [0.29, 0.717) is 17.7 Å². The van der Waals surface area contributed by atoms with E-state index in [1.54, 1.807) is 18.7 Å². The fraction of sp³-hybridized carbons (Fsp3) is 0.500. The molecule has 0 radical (unpaired) electrons. The molecule has 8 heteroatoms. The molecule has 0 amide bonds. The monoisotopic (exact) mass is 412 g/mol. The number of hydrogen-bond acceptors (Lipinski definition) is 4. The van der Waals surface area contributed by atoms with Crippen LogP contribution in [0.4, 0.5) is 11.6 Å². The highest BCUT2D eigenvalue weighted by Crippen LogP contribution is 2.27. The molecule has 1 aromatic carbocycles. The molecule has 3 heterocycles. The molecule has 1 aliphatic rings. The van der Waals surface area contributed by atoms with Gasteiger partial charge in [0.05, 0.1) is 20.2 Å². The maximum Gasteiger partial charge on any atom is 0.364 e. The Morgan fingerprint density at radius 3 is 2.60 bits per heavy atom. The summed E-state index contributed by atoms with van der Waals surface area (Å²) in [6, 6.07) is 7.86. The van der Waals surface area contributed by atoms with Crippen LogP contribution in [0.25, 0.3) is 11.2 Å². The van der Waals surface area contributed by atoms with Crippen molar-refractivity contribution in [2.45, 2.75) is 52.1 Å². The Hall–Kier alpha value is -3.03. The average molecular weight is 413 g/mol. The van der Waals surface area contributed by atoms with Crippen molar-refractivity contribution in [3.63, 3.8) is 0 Å². The third kappa shape index (κ3) is 3.40. The summed E-state index contributed by atoms with van der Waals surface area (Å²) in [5.74, 6) is 1.63. The molecule has 160 valence electrons. The maximum atomic E-state index is 13.3. The third-order valence-electron chi connectivity index (χ3n) is 5.92. The van der Waals surface area contributed by atoms with E-state index in [1.165, 1.54) is 4.57 Å². The highest BCUT2D eigenvalue weighted by molar-refractivity contribution is 5.70. The second kappa shape index (κ2) is 8.38. The number of ether oxygens (including phenoxy) is 1. The standard InChI is InChI=1S/C22H29N5O3/c1-4-5-6-7-13-27-20(28)18-19(24(2)22(27)29)23-21-25(14-8-15-26(18)21)16-9-11-17(30-3)12-10-16/h9-12H,4-8,13-15H2,1-3H3/p+1. The molecule has 0 saturated carbocycles. The number of H-pyrrole nitrogens is 1. The number of aromatic amines is 1. The summed E-state index contributed by atoms with van der Waals surface area (Å²) in [4.78, 5) is 31.7. The number of aromatic nitrogens is 4. The van der Waals surface area contributed by atoms with Gasteiger partial charge in [-0.2, -0.15) is 0 Å². The molecule has 0 unspecified atom stereocenters. The summed E-state index contributed by atoms with van der Waals surface area (Å²) >= 11 is 0. The lowest BCUT2D eigenvalue weighted by Crippen LogP contribution is -2.49. The minimum absolute atomic E-state index is 0.205. The third-order valence-corrected chi connectivity index (χ3v) is 5.92. The molecule has 1 aliphatic heterocycles. The lowest BCUT2D eigenvalue weighted by atomic mass is 10.2. The van der Waals surface area contributed by atoms with E-state index in [4.69, 9.17) is 4.74 Å². The average Bonchev–Trinajstić information content (AvgIpc) is 3.17. The van der Waals surface area contributed by atoms with E-state index >= 15 is 0 Å². The van der Waals surface area contributed by atoms with Gasteiger partial charge in [-0.25, -0.2) is 19.2 Å². The predicted molar refractivity (Wildman–Crippen MR) is 117 cm³/mol. The number of aryl methyl sites for hydroxylation is 2. The highest BCUT2D eigenvalue weighted by Gasteiger charge is 2.33. The molecule has 0 bridgehead atoms. The first-order valence-corrected chi connectivity index (χ1v) is 10.7. The van der Waals surface area contributed by atoms with Crippen molar-refractivity contribution >= 4 is 22.8 Å². The van der Waals surface area contributed by atoms with Crippen LogP contribution >= 0.6 is 0 Å². The SMILES string of the molecule is CCCCCCn1c(=O)c2c([nH]c3[n+]2CCCN3c2ccc(OC)cc2)n(C)c1=O. The highest BCUT2D eigenvalue weighted by atomic mass is 16.5. The van der Waals surface area contributed by atoms with Crippen molar-refractivity contribution in [1.82, 2.24) is 14.1 Å². The van der Waals surface area contributed by atoms with Gasteiger partial charge in [0.25, 0.3) is 5.56 Å². The molecular weight excluding hydrogens is 382 g/mol. The van der Waals surface area contributed by atoms with E-state index in [2.05, 4.69) is 16.8 Å². The summed E-state index contributed by atoms with van der Waals surface area (Å²) in [7, 11) is 3.38. The van der Waals surface area contributed by atoms with Gasteiger partial charge in [0.1, 0.15) is 11.4 Å². The maximum absolute atomic E-state index is 13.3. The predicted octanol–water partition coefficient (Wildman–Crippen LogP) is 2.45. The normalized spacial score (nSPS) is 13.6. The lowest BCUT2D eigenvalue weighted by Gasteiger charge is -2.22. The van der Waals surface area contributed by atoms with Gasteiger partial charge in [0, 0.05) is 20.0 Å². The van der Waals surface area contributed by atoms with Crippen LogP contribution in [0.3, 0.4) is 0 Å². The van der Waals surface area contributed by atoms with Gasteiger partial charge in [-0.1, -0.05) is 26.2 Å². The van der Waals surface area contributed by atoms with Gasteiger partial charge in [-0.15, -0.1) is 0 Å². The number of rotatable bonds is 7. The summed E-state index contributed by atoms with van der Waals surface area (Å²) in [6.45, 7) is 4.18. The van der Waals surface area contributed by atoms with Crippen LogP contribution in [0.15, 0.2) is 33.9 Å². The van der Waals surface area contributed by atoms with Crippen molar-refractivity contribution in [1.29, 1.82) is 0 Å². The Morgan fingerprint density at radius 2 is 1.90 bits per heavy atom.